The lowest BCUT2D eigenvalue weighted by molar-refractivity contribution is 0.155. The van der Waals surface area contributed by atoms with Gasteiger partial charge in [-0.05, 0) is 31.9 Å². The van der Waals surface area contributed by atoms with Gasteiger partial charge in [0.15, 0.2) is 0 Å². The minimum atomic E-state index is 0.253. The highest BCUT2D eigenvalue weighted by atomic mass is 15.7. The van der Waals surface area contributed by atoms with E-state index in [9.17, 15) is 0 Å². The van der Waals surface area contributed by atoms with Crippen LogP contribution in [0, 0.1) is 0 Å². The standard InChI is InChI=1S/C14H20N4/c1-12-14(17-10-6-3-7-11-17)18(16-15-12)13-8-4-2-5-9-13/h2,4-5,8-9,12,14H,3,6-7,10-11H2,1H3/t12-,14+/m0/s1. The molecule has 2 aliphatic rings. The van der Waals surface area contributed by atoms with E-state index in [1.54, 1.807) is 0 Å². The first-order valence-electron chi connectivity index (χ1n) is 6.85. The Morgan fingerprint density at radius 2 is 1.78 bits per heavy atom. The number of piperidine rings is 1. The highest BCUT2D eigenvalue weighted by molar-refractivity contribution is 5.46. The van der Waals surface area contributed by atoms with Gasteiger partial charge in [0.25, 0.3) is 0 Å². The lowest BCUT2D eigenvalue weighted by Crippen LogP contribution is -2.50. The fourth-order valence-corrected chi connectivity index (χ4v) is 2.88. The van der Waals surface area contributed by atoms with Crippen LogP contribution in [0.2, 0.25) is 0 Å². The molecule has 0 bridgehead atoms. The van der Waals surface area contributed by atoms with Gasteiger partial charge in [-0.1, -0.05) is 29.8 Å². The minimum absolute atomic E-state index is 0.253. The molecule has 0 aliphatic carbocycles. The van der Waals surface area contributed by atoms with Gasteiger partial charge in [0.1, 0.15) is 12.2 Å². The molecule has 0 unspecified atom stereocenters. The first-order valence-corrected chi connectivity index (χ1v) is 6.85. The molecule has 96 valence electrons. The lowest BCUT2D eigenvalue weighted by Gasteiger charge is -2.37. The van der Waals surface area contributed by atoms with Crippen molar-refractivity contribution in [3.8, 4) is 0 Å². The molecule has 0 spiro atoms. The number of hydrogen-bond donors (Lipinski definition) is 0. The maximum Gasteiger partial charge on any atom is 0.130 e. The van der Waals surface area contributed by atoms with Crippen molar-refractivity contribution in [3.05, 3.63) is 30.3 Å². The monoisotopic (exact) mass is 244 g/mol. The predicted molar refractivity (Wildman–Crippen MR) is 72.5 cm³/mol. The van der Waals surface area contributed by atoms with Gasteiger partial charge in [-0.2, -0.15) is 5.11 Å². The summed E-state index contributed by atoms with van der Waals surface area (Å²) in [7, 11) is 0. The Hall–Kier alpha value is -1.42. The van der Waals surface area contributed by atoms with E-state index in [4.69, 9.17) is 0 Å². The second-order valence-electron chi connectivity index (χ2n) is 5.14. The van der Waals surface area contributed by atoms with Crippen LogP contribution in [-0.4, -0.2) is 30.2 Å². The number of benzene rings is 1. The normalized spacial score (nSPS) is 28.8. The molecule has 0 amide bonds. The van der Waals surface area contributed by atoms with Gasteiger partial charge in [-0.15, -0.1) is 0 Å². The van der Waals surface area contributed by atoms with Crippen molar-refractivity contribution in [2.45, 2.75) is 38.4 Å². The van der Waals surface area contributed by atoms with Crippen molar-refractivity contribution in [1.82, 2.24) is 4.90 Å². The van der Waals surface area contributed by atoms with Gasteiger partial charge in [-0.25, -0.2) is 5.01 Å². The average molecular weight is 244 g/mol. The molecule has 0 N–H and O–H groups in total. The van der Waals surface area contributed by atoms with Crippen molar-refractivity contribution in [2.24, 2.45) is 10.3 Å². The fourth-order valence-electron chi connectivity index (χ4n) is 2.88. The summed E-state index contributed by atoms with van der Waals surface area (Å²) in [6.07, 6.45) is 4.25. The van der Waals surface area contributed by atoms with E-state index in [1.807, 2.05) is 6.07 Å². The van der Waals surface area contributed by atoms with Gasteiger partial charge in [0.05, 0.1) is 5.69 Å². The summed E-state index contributed by atoms with van der Waals surface area (Å²) in [5, 5.41) is 10.8. The summed E-state index contributed by atoms with van der Waals surface area (Å²) >= 11 is 0. The summed E-state index contributed by atoms with van der Waals surface area (Å²) in [6.45, 7) is 4.50. The molecule has 4 heteroatoms. The molecule has 18 heavy (non-hydrogen) atoms. The average Bonchev–Trinajstić information content (AvgIpc) is 2.83. The molecular formula is C14H20N4. The second kappa shape index (κ2) is 5.06. The fraction of sp³-hybridized carbons (Fsp3) is 0.571. The number of para-hydroxylation sites is 1. The molecule has 1 fully saturated rings. The molecule has 3 rings (SSSR count). The van der Waals surface area contributed by atoms with Crippen molar-refractivity contribution >= 4 is 5.69 Å². The third-order valence-electron chi connectivity index (χ3n) is 3.80. The molecule has 1 saturated heterocycles. The highest BCUT2D eigenvalue weighted by Crippen LogP contribution is 2.29. The zero-order chi connectivity index (χ0) is 12.4. The van der Waals surface area contributed by atoms with Gasteiger partial charge in [0, 0.05) is 13.1 Å². The third kappa shape index (κ3) is 2.12. The van der Waals surface area contributed by atoms with E-state index in [-0.39, 0.29) is 6.04 Å². The summed E-state index contributed by atoms with van der Waals surface area (Å²) in [6, 6.07) is 10.6. The van der Waals surface area contributed by atoms with Crippen molar-refractivity contribution < 1.29 is 0 Å². The van der Waals surface area contributed by atoms with Crippen LogP contribution in [-0.2, 0) is 0 Å². The summed E-state index contributed by atoms with van der Waals surface area (Å²) in [4.78, 5) is 2.53. The summed E-state index contributed by atoms with van der Waals surface area (Å²) < 4.78 is 0. The maximum atomic E-state index is 4.36. The quantitative estimate of drug-likeness (QED) is 0.800. The van der Waals surface area contributed by atoms with E-state index in [0.717, 1.165) is 5.69 Å². The molecular weight excluding hydrogens is 224 g/mol. The summed E-state index contributed by atoms with van der Waals surface area (Å²) in [5.74, 6) is 0. The van der Waals surface area contributed by atoms with E-state index < -0.39 is 0 Å². The van der Waals surface area contributed by atoms with Crippen LogP contribution in [0.25, 0.3) is 0 Å². The number of anilines is 1. The maximum absolute atomic E-state index is 4.36. The SMILES string of the molecule is C[C@@H]1N=NN(c2ccccc2)[C@H]1N1CCCCC1. The predicted octanol–water partition coefficient (Wildman–Crippen LogP) is 3.07. The largest absolute Gasteiger partial charge is 0.280 e. The number of nitrogens with zero attached hydrogens (tertiary/aromatic N) is 4. The van der Waals surface area contributed by atoms with Gasteiger partial charge in [0.2, 0.25) is 0 Å². The zero-order valence-corrected chi connectivity index (χ0v) is 10.9. The van der Waals surface area contributed by atoms with E-state index in [2.05, 4.69) is 51.4 Å². The van der Waals surface area contributed by atoms with Crippen LogP contribution in [0.4, 0.5) is 5.69 Å². The van der Waals surface area contributed by atoms with Crippen LogP contribution in [0.3, 0.4) is 0 Å². The molecule has 0 aromatic heterocycles. The van der Waals surface area contributed by atoms with Crippen molar-refractivity contribution in [3.63, 3.8) is 0 Å². The van der Waals surface area contributed by atoms with Crippen molar-refractivity contribution in [1.29, 1.82) is 0 Å². The number of likely N-dealkylation sites (tertiary alicyclic amines) is 1. The second-order valence-corrected chi connectivity index (χ2v) is 5.14. The molecule has 2 heterocycles. The van der Waals surface area contributed by atoms with E-state index >= 15 is 0 Å². The highest BCUT2D eigenvalue weighted by Gasteiger charge is 2.35. The van der Waals surface area contributed by atoms with Crippen molar-refractivity contribution in [2.75, 3.05) is 18.1 Å². The molecule has 1 aromatic rings. The van der Waals surface area contributed by atoms with Crippen LogP contribution < -0.4 is 5.01 Å². The van der Waals surface area contributed by atoms with Crippen LogP contribution in [0.5, 0.6) is 0 Å². The van der Waals surface area contributed by atoms with Crippen LogP contribution in [0.1, 0.15) is 26.2 Å². The minimum Gasteiger partial charge on any atom is -0.280 e. The van der Waals surface area contributed by atoms with Crippen LogP contribution >= 0.6 is 0 Å². The van der Waals surface area contributed by atoms with Gasteiger partial charge in [-0.3, -0.25) is 4.90 Å². The molecule has 4 nitrogen and oxygen atoms in total. The first kappa shape index (κ1) is 11.7. The Morgan fingerprint density at radius 1 is 1.06 bits per heavy atom. The van der Waals surface area contributed by atoms with E-state index in [0.29, 0.717) is 6.17 Å². The lowest BCUT2D eigenvalue weighted by atomic mass is 10.1. The van der Waals surface area contributed by atoms with Gasteiger partial charge >= 0.3 is 0 Å². The van der Waals surface area contributed by atoms with Crippen LogP contribution in [0.15, 0.2) is 40.7 Å². The molecule has 2 atom stereocenters. The number of hydrogen-bond acceptors (Lipinski definition) is 4. The smallest absolute Gasteiger partial charge is 0.130 e. The van der Waals surface area contributed by atoms with E-state index in [1.165, 1.54) is 32.4 Å². The molecule has 1 aromatic carbocycles. The third-order valence-corrected chi connectivity index (χ3v) is 3.80. The molecule has 0 saturated carbocycles. The first-order chi connectivity index (χ1) is 8.86. The Bertz CT molecular complexity index is 411. The zero-order valence-electron chi connectivity index (χ0n) is 10.9. The Labute approximate surface area is 108 Å². The van der Waals surface area contributed by atoms with Gasteiger partial charge < -0.3 is 0 Å². The molecule has 2 aliphatic heterocycles. The Kier molecular flexibility index (Phi) is 3.28. The molecule has 0 radical (unpaired) electrons. The summed E-state index contributed by atoms with van der Waals surface area (Å²) in [5.41, 5.74) is 1.14. The Balaban J connectivity index is 1.82. The Morgan fingerprint density at radius 3 is 2.50 bits per heavy atom. The topological polar surface area (TPSA) is 31.2 Å². The number of rotatable bonds is 2.